The summed E-state index contributed by atoms with van der Waals surface area (Å²) in [6.45, 7) is 0. The fraction of sp³-hybridized carbons (Fsp3) is 0.235. The molecule has 1 aromatic carbocycles. The highest BCUT2D eigenvalue weighted by atomic mass is 32.2. The smallest absolute Gasteiger partial charge is 0.234 e. The first kappa shape index (κ1) is 18.4. The number of ether oxygens (including phenoxy) is 3. The summed E-state index contributed by atoms with van der Waals surface area (Å²) in [4.78, 5) is 16.3. The normalized spacial score (nSPS) is 9.84. The lowest BCUT2D eigenvalue weighted by molar-refractivity contribution is -0.113. The Labute approximate surface area is 149 Å². The van der Waals surface area contributed by atoms with Crippen LogP contribution in [0, 0.1) is 11.3 Å². The number of benzene rings is 1. The third-order valence-corrected chi connectivity index (χ3v) is 4.19. The molecule has 0 aliphatic carbocycles. The number of anilines is 1. The minimum absolute atomic E-state index is 0.113. The number of nitriles is 1. The molecular formula is C17H17N3O4S. The van der Waals surface area contributed by atoms with Gasteiger partial charge in [0, 0.05) is 24.0 Å². The number of carbonyl (C=O) groups excluding carboxylic acids is 1. The average molecular weight is 359 g/mol. The number of methoxy groups -OCH3 is 3. The van der Waals surface area contributed by atoms with Crippen LogP contribution in [0.2, 0.25) is 0 Å². The molecule has 8 heteroatoms. The van der Waals surface area contributed by atoms with Crippen LogP contribution in [0.25, 0.3) is 0 Å². The van der Waals surface area contributed by atoms with Crippen molar-refractivity contribution < 1.29 is 19.0 Å². The number of nitrogens with one attached hydrogen (secondary N) is 1. The van der Waals surface area contributed by atoms with Gasteiger partial charge in [0.05, 0.1) is 32.6 Å². The molecule has 7 nitrogen and oxygen atoms in total. The van der Waals surface area contributed by atoms with Gasteiger partial charge in [-0.15, -0.1) is 0 Å². The van der Waals surface area contributed by atoms with Crippen molar-refractivity contribution in [1.29, 1.82) is 5.26 Å². The van der Waals surface area contributed by atoms with Crippen LogP contribution in [0.1, 0.15) is 5.56 Å². The van der Waals surface area contributed by atoms with E-state index in [0.717, 1.165) is 0 Å². The third-order valence-electron chi connectivity index (χ3n) is 3.18. The van der Waals surface area contributed by atoms with Crippen LogP contribution in [-0.4, -0.2) is 38.0 Å². The maximum atomic E-state index is 12.2. The number of hydrogen-bond acceptors (Lipinski definition) is 7. The second-order valence-corrected chi connectivity index (χ2v) is 5.68. The first-order valence-electron chi connectivity index (χ1n) is 7.20. The van der Waals surface area contributed by atoms with E-state index in [-0.39, 0.29) is 11.7 Å². The molecule has 0 bridgehead atoms. The number of thioether (sulfide) groups is 1. The summed E-state index contributed by atoms with van der Waals surface area (Å²) in [5.41, 5.74) is 0.953. The van der Waals surface area contributed by atoms with E-state index < -0.39 is 0 Å². The average Bonchev–Trinajstić information content (AvgIpc) is 2.65. The highest BCUT2D eigenvalue weighted by molar-refractivity contribution is 8.00. The number of aromatic nitrogens is 1. The van der Waals surface area contributed by atoms with Gasteiger partial charge in [-0.2, -0.15) is 5.26 Å². The molecule has 1 amide bonds. The number of nitrogens with zero attached hydrogens (tertiary/aromatic N) is 2. The van der Waals surface area contributed by atoms with Crippen molar-refractivity contribution >= 4 is 23.4 Å². The van der Waals surface area contributed by atoms with E-state index in [2.05, 4.69) is 10.3 Å². The minimum atomic E-state index is -0.242. The monoisotopic (exact) mass is 359 g/mol. The van der Waals surface area contributed by atoms with Crippen molar-refractivity contribution in [3.05, 3.63) is 36.0 Å². The fourth-order valence-electron chi connectivity index (χ4n) is 2.08. The van der Waals surface area contributed by atoms with Crippen LogP contribution < -0.4 is 19.5 Å². The summed E-state index contributed by atoms with van der Waals surface area (Å²) in [5, 5.41) is 12.3. The molecule has 0 radical (unpaired) electrons. The van der Waals surface area contributed by atoms with Gasteiger partial charge in [-0.25, -0.2) is 4.98 Å². The molecule has 2 rings (SSSR count). The Kier molecular flexibility index (Phi) is 6.48. The van der Waals surface area contributed by atoms with Crippen molar-refractivity contribution in [3.8, 4) is 23.3 Å². The zero-order valence-electron chi connectivity index (χ0n) is 14.0. The molecule has 0 fully saturated rings. The molecule has 2 aromatic rings. The Hall–Kier alpha value is -2.92. The molecule has 0 aliphatic rings. The molecule has 0 aliphatic heterocycles. The predicted molar refractivity (Wildman–Crippen MR) is 94.4 cm³/mol. The SMILES string of the molecule is COc1cc(NC(=O)CSc2ncccc2C#N)cc(OC)c1OC. The molecule has 0 unspecified atom stereocenters. The zero-order valence-corrected chi connectivity index (χ0v) is 14.8. The Morgan fingerprint density at radius 2 is 1.92 bits per heavy atom. The van der Waals surface area contributed by atoms with Crippen molar-refractivity contribution in [2.75, 3.05) is 32.4 Å². The zero-order chi connectivity index (χ0) is 18.2. The molecule has 0 spiro atoms. The van der Waals surface area contributed by atoms with Crippen molar-refractivity contribution in [2.24, 2.45) is 0 Å². The van der Waals surface area contributed by atoms with E-state index in [4.69, 9.17) is 19.5 Å². The van der Waals surface area contributed by atoms with Gasteiger partial charge < -0.3 is 19.5 Å². The lowest BCUT2D eigenvalue weighted by Crippen LogP contribution is -2.14. The Balaban J connectivity index is 2.09. The number of carbonyl (C=O) groups is 1. The van der Waals surface area contributed by atoms with Crippen molar-refractivity contribution in [1.82, 2.24) is 4.98 Å². The van der Waals surface area contributed by atoms with Crippen LogP contribution in [0.3, 0.4) is 0 Å². The molecule has 1 N–H and O–H groups in total. The van der Waals surface area contributed by atoms with E-state index in [1.807, 2.05) is 6.07 Å². The highest BCUT2D eigenvalue weighted by Gasteiger charge is 2.15. The van der Waals surface area contributed by atoms with Gasteiger partial charge in [-0.1, -0.05) is 11.8 Å². The van der Waals surface area contributed by atoms with Crippen LogP contribution in [-0.2, 0) is 4.79 Å². The van der Waals surface area contributed by atoms with E-state index in [9.17, 15) is 4.79 Å². The lowest BCUT2D eigenvalue weighted by atomic mass is 10.2. The number of pyridine rings is 1. The molecule has 1 heterocycles. The third kappa shape index (κ3) is 4.55. The van der Waals surface area contributed by atoms with Gasteiger partial charge in [0.15, 0.2) is 11.5 Å². The van der Waals surface area contributed by atoms with E-state index >= 15 is 0 Å². The lowest BCUT2D eigenvalue weighted by Gasteiger charge is -2.14. The highest BCUT2D eigenvalue weighted by Crippen LogP contribution is 2.39. The maximum Gasteiger partial charge on any atom is 0.234 e. The number of rotatable bonds is 7. The molecule has 0 saturated carbocycles. The topological polar surface area (TPSA) is 93.5 Å². The predicted octanol–water partition coefficient (Wildman–Crippen LogP) is 2.71. The van der Waals surface area contributed by atoms with Gasteiger partial charge >= 0.3 is 0 Å². The van der Waals surface area contributed by atoms with Crippen molar-refractivity contribution in [2.45, 2.75) is 5.03 Å². The summed E-state index contributed by atoms with van der Waals surface area (Å²) in [7, 11) is 4.52. The Bertz CT molecular complexity index is 780. The molecule has 0 saturated heterocycles. The minimum Gasteiger partial charge on any atom is -0.493 e. The van der Waals surface area contributed by atoms with Gasteiger partial charge in [-0.05, 0) is 12.1 Å². The summed E-state index contributed by atoms with van der Waals surface area (Å²) < 4.78 is 15.7. The van der Waals surface area contributed by atoms with Gasteiger partial charge in [0.2, 0.25) is 11.7 Å². The van der Waals surface area contributed by atoms with E-state index in [1.165, 1.54) is 33.1 Å². The second kappa shape index (κ2) is 8.80. The van der Waals surface area contributed by atoms with Crippen LogP contribution in [0.15, 0.2) is 35.5 Å². The second-order valence-electron chi connectivity index (χ2n) is 4.72. The van der Waals surface area contributed by atoms with Crippen LogP contribution in [0.4, 0.5) is 5.69 Å². The molecule has 130 valence electrons. The molecule has 1 aromatic heterocycles. The van der Waals surface area contributed by atoms with Gasteiger partial charge in [0.25, 0.3) is 0 Å². The van der Waals surface area contributed by atoms with E-state index in [1.54, 1.807) is 30.5 Å². The quantitative estimate of drug-likeness (QED) is 0.760. The molecule has 0 atom stereocenters. The molecule has 25 heavy (non-hydrogen) atoms. The summed E-state index contributed by atoms with van der Waals surface area (Å²) in [5.74, 6) is 1.21. The standard InChI is InChI=1S/C17H17N3O4S/c1-22-13-7-12(8-14(23-2)16(13)24-3)20-15(21)10-25-17-11(9-18)5-4-6-19-17/h4-8H,10H2,1-3H3,(H,20,21). The van der Waals surface area contributed by atoms with Crippen LogP contribution in [0.5, 0.6) is 17.2 Å². The van der Waals surface area contributed by atoms with Gasteiger partial charge in [-0.3, -0.25) is 4.79 Å². The fourth-order valence-corrected chi connectivity index (χ4v) is 2.82. The Morgan fingerprint density at radius 1 is 1.24 bits per heavy atom. The number of amides is 1. The summed E-state index contributed by atoms with van der Waals surface area (Å²) in [6, 6.07) is 8.68. The molecular weight excluding hydrogens is 342 g/mol. The number of hydrogen-bond donors (Lipinski definition) is 1. The van der Waals surface area contributed by atoms with Crippen LogP contribution >= 0.6 is 11.8 Å². The summed E-state index contributed by atoms with van der Waals surface area (Å²) >= 11 is 1.19. The van der Waals surface area contributed by atoms with Crippen molar-refractivity contribution in [3.63, 3.8) is 0 Å². The van der Waals surface area contributed by atoms with E-state index in [0.29, 0.717) is 33.5 Å². The maximum absolute atomic E-state index is 12.2. The van der Waals surface area contributed by atoms with Gasteiger partial charge in [0.1, 0.15) is 11.1 Å². The first-order chi connectivity index (χ1) is 12.1. The Morgan fingerprint density at radius 3 is 2.48 bits per heavy atom. The summed E-state index contributed by atoms with van der Waals surface area (Å²) in [6.07, 6.45) is 1.58. The first-order valence-corrected chi connectivity index (χ1v) is 8.19. The largest absolute Gasteiger partial charge is 0.493 e.